The van der Waals surface area contributed by atoms with Crippen molar-refractivity contribution in [3.05, 3.63) is 47.5 Å². The normalized spacial score (nSPS) is 23.7. The Morgan fingerprint density at radius 2 is 1.56 bits per heavy atom. The molecule has 0 radical (unpaired) electrons. The van der Waals surface area contributed by atoms with Crippen molar-refractivity contribution in [1.29, 1.82) is 0 Å². The van der Waals surface area contributed by atoms with Crippen LogP contribution in [0.15, 0.2) is 36.4 Å². The molecule has 1 saturated carbocycles. The maximum Gasteiger partial charge on any atom is 0.231 e. The molecular formula is C30H37NO5. The molecule has 2 fully saturated rings. The van der Waals surface area contributed by atoms with Crippen molar-refractivity contribution < 1.29 is 23.7 Å². The Bertz CT molecular complexity index is 1070. The summed E-state index contributed by atoms with van der Waals surface area (Å²) in [6, 6.07) is 12.2. The summed E-state index contributed by atoms with van der Waals surface area (Å²) in [5, 5.41) is 0. The first-order valence-electron chi connectivity index (χ1n) is 13.7. The van der Waals surface area contributed by atoms with Gasteiger partial charge in [0.1, 0.15) is 5.78 Å². The number of ketones is 1. The van der Waals surface area contributed by atoms with Gasteiger partial charge in [0.15, 0.2) is 23.0 Å². The summed E-state index contributed by atoms with van der Waals surface area (Å²) in [6.45, 7) is 4.16. The Morgan fingerprint density at radius 3 is 2.42 bits per heavy atom. The number of hydrogen-bond acceptors (Lipinski definition) is 6. The van der Waals surface area contributed by atoms with E-state index < -0.39 is 0 Å². The highest BCUT2D eigenvalue weighted by molar-refractivity contribution is 5.81. The van der Waals surface area contributed by atoms with E-state index in [-0.39, 0.29) is 6.79 Å². The van der Waals surface area contributed by atoms with Gasteiger partial charge in [-0.3, -0.25) is 4.79 Å². The number of carbonyl (C=O) groups excluding carboxylic acids is 1. The second kappa shape index (κ2) is 10.7. The van der Waals surface area contributed by atoms with Crippen LogP contribution in [0.25, 0.3) is 0 Å². The van der Waals surface area contributed by atoms with Crippen LogP contribution in [0.2, 0.25) is 0 Å². The van der Waals surface area contributed by atoms with Gasteiger partial charge in [0.25, 0.3) is 0 Å². The van der Waals surface area contributed by atoms with Crippen LogP contribution in [0.3, 0.4) is 0 Å². The zero-order valence-electron chi connectivity index (χ0n) is 21.1. The highest BCUT2D eigenvalue weighted by atomic mass is 16.7. The van der Waals surface area contributed by atoms with Crippen LogP contribution in [0.1, 0.15) is 68.4 Å². The fourth-order valence-corrected chi connectivity index (χ4v) is 6.50. The van der Waals surface area contributed by atoms with Crippen molar-refractivity contribution in [3.63, 3.8) is 0 Å². The first kappa shape index (κ1) is 23.7. The smallest absolute Gasteiger partial charge is 0.231 e. The van der Waals surface area contributed by atoms with Gasteiger partial charge in [-0.1, -0.05) is 31.0 Å². The SMILES string of the molecule is O=C(Cc1ccc2c(c1)OCO2)CC1CCC(CCN2CCC(c3cccc4c3OCO4)CC2)CC1. The second-order valence-corrected chi connectivity index (χ2v) is 11.0. The minimum absolute atomic E-state index is 0.273. The van der Waals surface area contributed by atoms with Crippen molar-refractivity contribution >= 4 is 5.78 Å². The van der Waals surface area contributed by atoms with E-state index in [1.807, 2.05) is 24.3 Å². The number of carbonyl (C=O) groups is 1. The number of benzene rings is 2. The Balaban J connectivity index is 0.894. The molecule has 0 atom stereocenters. The van der Waals surface area contributed by atoms with E-state index in [1.165, 1.54) is 70.1 Å². The number of likely N-dealkylation sites (tertiary alicyclic amines) is 1. The van der Waals surface area contributed by atoms with E-state index in [2.05, 4.69) is 17.0 Å². The minimum atomic E-state index is 0.273. The van der Waals surface area contributed by atoms with Gasteiger partial charge in [-0.15, -0.1) is 0 Å². The third-order valence-electron chi connectivity index (χ3n) is 8.63. The van der Waals surface area contributed by atoms with Gasteiger partial charge in [-0.05, 0) is 93.3 Å². The van der Waals surface area contributed by atoms with E-state index in [4.69, 9.17) is 18.9 Å². The number of rotatable bonds is 8. The molecule has 2 aromatic carbocycles. The van der Waals surface area contributed by atoms with Gasteiger partial charge < -0.3 is 23.8 Å². The molecular weight excluding hydrogens is 454 g/mol. The van der Waals surface area contributed by atoms with Crippen molar-refractivity contribution in [1.82, 2.24) is 4.90 Å². The highest BCUT2D eigenvalue weighted by Crippen LogP contribution is 2.42. The Hall–Kier alpha value is -2.73. The summed E-state index contributed by atoms with van der Waals surface area (Å²) in [5.41, 5.74) is 2.36. The van der Waals surface area contributed by atoms with Crippen LogP contribution in [0.5, 0.6) is 23.0 Å². The Kier molecular flexibility index (Phi) is 7.04. The second-order valence-electron chi connectivity index (χ2n) is 11.0. The van der Waals surface area contributed by atoms with Gasteiger partial charge >= 0.3 is 0 Å². The lowest BCUT2D eigenvalue weighted by Gasteiger charge is -2.34. The van der Waals surface area contributed by atoms with Gasteiger partial charge in [-0.25, -0.2) is 0 Å². The van der Waals surface area contributed by atoms with Gasteiger partial charge in [0, 0.05) is 18.4 Å². The zero-order chi connectivity index (χ0) is 24.3. The summed E-state index contributed by atoms with van der Waals surface area (Å²) in [7, 11) is 0. The largest absolute Gasteiger partial charge is 0.454 e. The van der Waals surface area contributed by atoms with Crippen LogP contribution in [0, 0.1) is 11.8 Å². The van der Waals surface area contributed by atoms with Crippen molar-refractivity contribution in [2.45, 2.75) is 63.7 Å². The summed E-state index contributed by atoms with van der Waals surface area (Å²) in [4.78, 5) is 15.3. The van der Waals surface area contributed by atoms with Gasteiger partial charge in [-0.2, -0.15) is 0 Å². The number of hydrogen-bond donors (Lipinski definition) is 0. The van der Waals surface area contributed by atoms with Gasteiger partial charge in [0.2, 0.25) is 13.6 Å². The molecule has 3 heterocycles. The third kappa shape index (κ3) is 5.34. The van der Waals surface area contributed by atoms with E-state index in [0.717, 1.165) is 34.5 Å². The average Bonchev–Trinajstić information content (AvgIpc) is 3.58. The summed E-state index contributed by atoms with van der Waals surface area (Å²) in [6.07, 6.45) is 9.82. The molecule has 6 nitrogen and oxygen atoms in total. The molecule has 1 aliphatic carbocycles. The molecule has 2 aromatic rings. The summed E-state index contributed by atoms with van der Waals surface area (Å²) in [5.74, 6) is 5.70. The van der Waals surface area contributed by atoms with Crippen molar-refractivity contribution in [2.75, 3.05) is 33.2 Å². The number of ether oxygens (including phenoxy) is 4. The third-order valence-corrected chi connectivity index (χ3v) is 8.63. The van der Waals surface area contributed by atoms with E-state index in [1.54, 1.807) is 0 Å². The molecule has 0 amide bonds. The molecule has 192 valence electrons. The number of nitrogens with zero attached hydrogens (tertiary/aromatic N) is 1. The quantitative estimate of drug-likeness (QED) is 0.471. The summed E-state index contributed by atoms with van der Waals surface area (Å²) < 4.78 is 22.1. The predicted molar refractivity (Wildman–Crippen MR) is 137 cm³/mol. The first-order valence-corrected chi connectivity index (χ1v) is 13.7. The first-order chi connectivity index (χ1) is 17.7. The lowest BCUT2D eigenvalue weighted by Crippen LogP contribution is -2.34. The fourth-order valence-electron chi connectivity index (χ4n) is 6.50. The van der Waals surface area contributed by atoms with Crippen LogP contribution in [0.4, 0.5) is 0 Å². The summed E-state index contributed by atoms with van der Waals surface area (Å²) >= 11 is 0. The van der Waals surface area contributed by atoms with E-state index in [9.17, 15) is 4.79 Å². The Labute approximate surface area is 213 Å². The maximum absolute atomic E-state index is 12.7. The number of piperidine rings is 1. The molecule has 0 N–H and O–H groups in total. The Morgan fingerprint density at radius 1 is 0.806 bits per heavy atom. The van der Waals surface area contributed by atoms with E-state index >= 15 is 0 Å². The van der Waals surface area contributed by atoms with E-state index in [0.29, 0.717) is 37.3 Å². The highest BCUT2D eigenvalue weighted by Gasteiger charge is 2.28. The van der Waals surface area contributed by atoms with Gasteiger partial charge in [0.05, 0.1) is 0 Å². The molecule has 3 aliphatic heterocycles. The monoisotopic (exact) mass is 491 g/mol. The number of para-hydroxylation sites is 1. The number of fused-ring (bicyclic) bond motifs is 2. The standard InChI is InChI=1S/C30H37NO5/c32-25(17-23-8-9-27-29(18-23)35-19-33-27)16-22-6-4-21(5-7-22)10-13-31-14-11-24(12-15-31)26-2-1-3-28-30(26)36-20-34-28/h1-3,8-9,18,21-22,24H,4-7,10-17,19-20H2. The van der Waals surface area contributed by atoms with Crippen LogP contribution in [-0.2, 0) is 11.2 Å². The molecule has 6 heteroatoms. The van der Waals surface area contributed by atoms with Crippen LogP contribution in [-0.4, -0.2) is 43.9 Å². The fraction of sp³-hybridized carbons (Fsp3) is 0.567. The molecule has 6 rings (SSSR count). The number of Topliss-reactive ketones (excluding diaryl/α,β-unsaturated/α-hetero) is 1. The zero-order valence-corrected chi connectivity index (χ0v) is 21.1. The molecule has 4 aliphatic rings. The lowest BCUT2D eigenvalue weighted by atomic mass is 9.78. The molecule has 0 bridgehead atoms. The van der Waals surface area contributed by atoms with Crippen molar-refractivity contribution in [3.8, 4) is 23.0 Å². The molecule has 36 heavy (non-hydrogen) atoms. The topological polar surface area (TPSA) is 57.2 Å². The van der Waals surface area contributed by atoms with Crippen LogP contribution < -0.4 is 18.9 Å². The van der Waals surface area contributed by atoms with Crippen LogP contribution >= 0.6 is 0 Å². The predicted octanol–water partition coefficient (Wildman–Crippen LogP) is 5.72. The van der Waals surface area contributed by atoms with Crippen molar-refractivity contribution in [2.24, 2.45) is 11.8 Å². The maximum atomic E-state index is 12.7. The molecule has 0 aromatic heterocycles. The average molecular weight is 492 g/mol. The lowest BCUT2D eigenvalue weighted by molar-refractivity contribution is -0.119. The minimum Gasteiger partial charge on any atom is -0.454 e. The molecule has 0 spiro atoms. The molecule has 0 unspecified atom stereocenters. The molecule has 1 saturated heterocycles.